The maximum atomic E-state index is 13.5. The lowest BCUT2D eigenvalue weighted by Crippen LogP contribution is -2.43. The highest BCUT2D eigenvalue weighted by atomic mass is 35.5. The van der Waals surface area contributed by atoms with Gasteiger partial charge in [-0.05, 0) is 39.3 Å². The molecule has 0 atom stereocenters. The van der Waals surface area contributed by atoms with Crippen molar-refractivity contribution in [2.75, 3.05) is 25.6 Å². The van der Waals surface area contributed by atoms with Crippen molar-refractivity contribution in [2.24, 2.45) is 0 Å². The number of halogens is 3. The van der Waals surface area contributed by atoms with E-state index in [9.17, 15) is 18.4 Å². The highest BCUT2D eigenvalue weighted by Gasteiger charge is 2.37. The molecule has 170 valence electrons. The summed E-state index contributed by atoms with van der Waals surface area (Å²) in [4.78, 5) is 31.7. The molecule has 0 saturated carbocycles. The number of pyridine rings is 1. The molecule has 0 unspecified atom stereocenters. The standard InChI is InChI=1S/C21H26ClF2N3O4/c1-20(2,3)31-19(29)27-16(18(28)26-8-5-21(23,24)6-9-26)12-14-11-15(13-25-17(14)27)30-10-4-7-22/h11-13H,4-10H2,1-3H3. The first-order chi connectivity index (χ1) is 14.5. The normalized spacial score (nSPS) is 16.4. The Hall–Kier alpha value is -2.42. The Morgan fingerprint density at radius 1 is 1.23 bits per heavy atom. The minimum atomic E-state index is -2.79. The van der Waals surface area contributed by atoms with Crippen LogP contribution in [0.2, 0.25) is 0 Å². The number of piperidine rings is 1. The molecule has 31 heavy (non-hydrogen) atoms. The summed E-state index contributed by atoms with van der Waals surface area (Å²) in [6, 6.07) is 3.17. The highest BCUT2D eigenvalue weighted by molar-refractivity contribution is 6.17. The minimum Gasteiger partial charge on any atom is -0.492 e. The van der Waals surface area contributed by atoms with Gasteiger partial charge >= 0.3 is 6.09 Å². The van der Waals surface area contributed by atoms with Crippen molar-refractivity contribution in [1.29, 1.82) is 0 Å². The number of nitrogens with zero attached hydrogens (tertiary/aromatic N) is 3. The third-order valence-corrected chi connectivity index (χ3v) is 5.01. The molecule has 2 aromatic heterocycles. The van der Waals surface area contributed by atoms with Crippen LogP contribution in [0.4, 0.5) is 13.6 Å². The van der Waals surface area contributed by atoms with Gasteiger partial charge in [-0.2, -0.15) is 0 Å². The molecule has 1 saturated heterocycles. The lowest BCUT2D eigenvalue weighted by Gasteiger charge is -2.31. The first-order valence-electron chi connectivity index (χ1n) is 10.1. The summed E-state index contributed by atoms with van der Waals surface area (Å²) in [5.74, 6) is -2.39. The Balaban J connectivity index is 1.98. The summed E-state index contributed by atoms with van der Waals surface area (Å²) in [6.07, 6.45) is 0.510. The van der Waals surface area contributed by atoms with Crippen LogP contribution in [-0.4, -0.2) is 63.6 Å². The van der Waals surface area contributed by atoms with E-state index in [2.05, 4.69) is 4.98 Å². The number of likely N-dealkylation sites (tertiary alicyclic amines) is 1. The molecule has 1 aliphatic rings. The Bertz CT molecular complexity index is 961. The van der Waals surface area contributed by atoms with Gasteiger partial charge in [-0.3, -0.25) is 4.79 Å². The minimum absolute atomic E-state index is 0.0138. The summed E-state index contributed by atoms with van der Waals surface area (Å²) >= 11 is 5.66. The lowest BCUT2D eigenvalue weighted by molar-refractivity contribution is -0.0496. The van der Waals surface area contributed by atoms with Crippen molar-refractivity contribution < 1.29 is 27.8 Å². The number of alkyl halides is 3. The number of fused-ring (bicyclic) bond motifs is 1. The molecule has 1 amide bonds. The van der Waals surface area contributed by atoms with Gasteiger partial charge in [0.1, 0.15) is 22.7 Å². The molecule has 0 spiro atoms. The van der Waals surface area contributed by atoms with Crippen LogP contribution in [0.15, 0.2) is 18.3 Å². The largest absolute Gasteiger partial charge is 0.492 e. The van der Waals surface area contributed by atoms with Crippen LogP contribution in [-0.2, 0) is 4.74 Å². The Morgan fingerprint density at radius 2 is 1.90 bits per heavy atom. The van der Waals surface area contributed by atoms with Gasteiger partial charge in [-0.25, -0.2) is 23.1 Å². The number of ether oxygens (including phenoxy) is 2. The molecule has 1 aliphatic heterocycles. The van der Waals surface area contributed by atoms with Crippen molar-refractivity contribution in [3.8, 4) is 5.75 Å². The molecule has 0 aliphatic carbocycles. The topological polar surface area (TPSA) is 73.7 Å². The van der Waals surface area contributed by atoms with E-state index < -0.39 is 36.4 Å². The first-order valence-corrected chi connectivity index (χ1v) is 10.6. The van der Waals surface area contributed by atoms with Crippen molar-refractivity contribution in [3.05, 3.63) is 24.0 Å². The third-order valence-electron chi connectivity index (χ3n) is 4.74. The average molecular weight is 458 g/mol. The molecule has 0 radical (unpaired) electrons. The zero-order valence-electron chi connectivity index (χ0n) is 17.8. The predicted molar refractivity (Wildman–Crippen MR) is 112 cm³/mol. The molecule has 7 nitrogen and oxygen atoms in total. The number of rotatable bonds is 5. The van der Waals surface area contributed by atoms with Crippen LogP contribution in [0, 0.1) is 0 Å². The summed E-state index contributed by atoms with van der Waals surface area (Å²) < 4.78 is 39.2. The molecular formula is C21H26ClF2N3O4. The molecule has 10 heteroatoms. The van der Waals surface area contributed by atoms with Gasteiger partial charge in [0.05, 0.1) is 12.8 Å². The molecule has 2 aromatic rings. The second kappa shape index (κ2) is 8.98. The summed E-state index contributed by atoms with van der Waals surface area (Å²) in [5.41, 5.74) is -0.560. The molecule has 0 aromatic carbocycles. The molecule has 3 rings (SSSR count). The third kappa shape index (κ3) is 5.64. The van der Waals surface area contributed by atoms with Crippen LogP contribution in [0.1, 0.15) is 50.5 Å². The number of hydrogen-bond acceptors (Lipinski definition) is 5. The fourth-order valence-electron chi connectivity index (χ4n) is 3.25. The first kappa shape index (κ1) is 23.2. The molecular weight excluding hydrogens is 432 g/mol. The van der Waals surface area contributed by atoms with E-state index in [1.807, 2.05) is 0 Å². The van der Waals surface area contributed by atoms with Gasteiger partial charge < -0.3 is 14.4 Å². The Kier molecular flexibility index (Phi) is 6.73. The number of amides is 1. The van der Waals surface area contributed by atoms with Crippen molar-refractivity contribution in [3.63, 3.8) is 0 Å². The van der Waals surface area contributed by atoms with Gasteiger partial charge in [-0.1, -0.05) is 0 Å². The van der Waals surface area contributed by atoms with E-state index in [4.69, 9.17) is 21.1 Å². The van der Waals surface area contributed by atoms with E-state index in [-0.39, 0.29) is 24.4 Å². The second-order valence-corrected chi connectivity index (χ2v) is 8.85. The quantitative estimate of drug-likeness (QED) is 0.480. The van der Waals surface area contributed by atoms with Gasteiger partial charge in [0.2, 0.25) is 0 Å². The highest BCUT2D eigenvalue weighted by Crippen LogP contribution is 2.30. The SMILES string of the molecule is CC(C)(C)OC(=O)n1c(C(=O)N2CCC(F)(F)CC2)cc2cc(OCCCCl)cnc21. The van der Waals surface area contributed by atoms with Gasteiger partial charge in [-0.15, -0.1) is 11.6 Å². The maximum absolute atomic E-state index is 13.5. The lowest BCUT2D eigenvalue weighted by atomic mass is 10.1. The second-order valence-electron chi connectivity index (χ2n) is 8.47. The van der Waals surface area contributed by atoms with Gasteiger partial charge in [0, 0.05) is 37.2 Å². The van der Waals surface area contributed by atoms with Crippen LogP contribution >= 0.6 is 11.6 Å². The van der Waals surface area contributed by atoms with Crippen molar-refractivity contribution >= 4 is 34.6 Å². The zero-order chi connectivity index (χ0) is 22.8. The Morgan fingerprint density at radius 3 is 2.52 bits per heavy atom. The number of hydrogen-bond donors (Lipinski definition) is 0. The van der Waals surface area contributed by atoms with E-state index in [0.29, 0.717) is 30.0 Å². The predicted octanol–water partition coefficient (Wildman–Crippen LogP) is 4.70. The molecule has 0 N–H and O–H groups in total. The number of aromatic nitrogens is 2. The summed E-state index contributed by atoms with van der Waals surface area (Å²) in [6.45, 7) is 5.34. The van der Waals surface area contributed by atoms with Crippen LogP contribution in [0.5, 0.6) is 5.75 Å². The molecule has 0 bridgehead atoms. The summed E-state index contributed by atoms with van der Waals surface area (Å²) in [7, 11) is 0. The van der Waals surface area contributed by atoms with Crippen LogP contribution in [0.25, 0.3) is 11.0 Å². The summed E-state index contributed by atoms with van der Waals surface area (Å²) in [5, 5.41) is 0.500. The van der Waals surface area contributed by atoms with Crippen LogP contribution in [0.3, 0.4) is 0 Å². The van der Waals surface area contributed by atoms with Crippen molar-refractivity contribution in [2.45, 2.75) is 51.6 Å². The van der Waals surface area contributed by atoms with Crippen molar-refractivity contribution in [1.82, 2.24) is 14.5 Å². The fraction of sp³-hybridized carbons (Fsp3) is 0.571. The van der Waals surface area contributed by atoms with Gasteiger partial charge in [0.25, 0.3) is 11.8 Å². The number of carbonyl (C=O) groups is 2. The zero-order valence-corrected chi connectivity index (χ0v) is 18.5. The monoisotopic (exact) mass is 457 g/mol. The van der Waals surface area contributed by atoms with E-state index in [0.717, 1.165) is 4.57 Å². The average Bonchev–Trinajstić information content (AvgIpc) is 3.05. The van der Waals surface area contributed by atoms with E-state index in [1.54, 1.807) is 26.8 Å². The van der Waals surface area contributed by atoms with Crippen LogP contribution < -0.4 is 4.74 Å². The van der Waals surface area contributed by atoms with E-state index >= 15 is 0 Å². The number of carbonyl (C=O) groups excluding carboxylic acids is 2. The molecule has 3 heterocycles. The van der Waals surface area contributed by atoms with Gasteiger partial charge in [0.15, 0.2) is 0 Å². The van der Waals surface area contributed by atoms with E-state index in [1.165, 1.54) is 17.2 Å². The molecule has 1 fully saturated rings. The Labute approximate surface area is 184 Å². The smallest absolute Gasteiger partial charge is 0.420 e. The fourth-order valence-corrected chi connectivity index (χ4v) is 3.35. The maximum Gasteiger partial charge on any atom is 0.420 e.